The fourth-order valence-corrected chi connectivity index (χ4v) is 1.77. The van der Waals surface area contributed by atoms with Gasteiger partial charge in [0.2, 0.25) is 0 Å². The van der Waals surface area contributed by atoms with Gasteiger partial charge in [-0.15, -0.1) is 0 Å². The summed E-state index contributed by atoms with van der Waals surface area (Å²) in [5.41, 5.74) is 0. The van der Waals surface area contributed by atoms with E-state index in [1.165, 1.54) is 0 Å². The number of aliphatic hydroxyl groups excluding tert-OH is 1. The van der Waals surface area contributed by atoms with E-state index in [2.05, 4.69) is 17.1 Å². The molecule has 0 atom stereocenters. The van der Waals surface area contributed by atoms with Gasteiger partial charge in [-0.2, -0.15) is 0 Å². The smallest absolute Gasteiger partial charge is 0.311 e. The number of rotatable bonds is 4. The Labute approximate surface area is 102 Å². The Hall–Kier alpha value is -1.14. The number of hydrogen-bond donors (Lipinski definition) is 2. The normalized spacial score (nSPS) is 16.9. The van der Waals surface area contributed by atoms with Crippen molar-refractivity contribution in [2.75, 3.05) is 45.9 Å². The second kappa shape index (κ2) is 7.24. The van der Waals surface area contributed by atoms with Gasteiger partial charge in [-0.1, -0.05) is 6.92 Å². The predicted octanol–water partition coefficient (Wildman–Crippen LogP) is -1.35. The molecule has 2 N–H and O–H groups in total. The van der Waals surface area contributed by atoms with E-state index in [4.69, 9.17) is 5.11 Å². The quantitative estimate of drug-likeness (QED) is 0.473. The van der Waals surface area contributed by atoms with Crippen LogP contribution in [0.1, 0.15) is 13.3 Å². The molecule has 2 amide bonds. The van der Waals surface area contributed by atoms with E-state index >= 15 is 0 Å². The molecule has 0 unspecified atom stereocenters. The summed E-state index contributed by atoms with van der Waals surface area (Å²) in [6.07, 6.45) is 0.475. The number of amides is 2. The summed E-state index contributed by atoms with van der Waals surface area (Å²) in [6.45, 7) is 6.29. The minimum absolute atomic E-state index is 0.0175. The van der Waals surface area contributed by atoms with Crippen LogP contribution in [0.4, 0.5) is 0 Å². The van der Waals surface area contributed by atoms with E-state index in [0.717, 1.165) is 19.6 Å². The van der Waals surface area contributed by atoms with Crippen molar-refractivity contribution in [3.63, 3.8) is 0 Å². The molecule has 1 fully saturated rings. The summed E-state index contributed by atoms with van der Waals surface area (Å²) in [4.78, 5) is 27.0. The second-order valence-electron chi connectivity index (χ2n) is 4.06. The van der Waals surface area contributed by atoms with Gasteiger partial charge in [-0.05, 0) is 13.0 Å². The highest BCUT2D eigenvalue weighted by molar-refractivity contribution is 6.35. The van der Waals surface area contributed by atoms with E-state index in [0.29, 0.717) is 26.1 Å². The van der Waals surface area contributed by atoms with Crippen LogP contribution in [-0.4, -0.2) is 72.6 Å². The van der Waals surface area contributed by atoms with Gasteiger partial charge in [0.15, 0.2) is 0 Å². The molecule has 0 aromatic rings. The van der Waals surface area contributed by atoms with E-state index in [9.17, 15) is 9.59 Å². The van der Waals surface area contributed by atoms with Crippen LogP contribution in [-0.2, 0) is 9.59 Å². The van der Waals surface area contributed by atoms with Gasteiger partial charge in [-0.3, -0.25) is 9.59 Å². The lowest BCUT2D eigenvalue weighted by atomic mass is 10.3. The molecule has 1 aliphatic rings. The maximum absolute atomic E-state index is 11.7. The molecule has 1 saturated heterocycles. The van der Waals surface area contributed by atoms with Crippen LogP contribution in [0.3, 0.4) is 0 Å². The lowest BCUT2D eigenvalue weighted by molar-refractivity contribution is -0.147. The molecule has 0 bridgehead atoms. The highest BCUT2D eigenvalue weighted by Gasteiger charge is 2.24. The summed E-state index contributed by atoms with van der Waals surface area (Å²) in [7, 11) is 0. The molecule has 0 aromatic carbocycles. The van der Waals surface area contributed by atoms with Crippen molar-refractivity contribution in [2.45, 2.75) is 13.3 Å². The third kappa shape index (κ3) is 4.32. The summed E-state index contributed by atoms with van der Waals surface area (Å²) in [5.74, 6) is -1.03. The Morgan fingerprint density at radius 2 is 1.88 bits per heavy atom. The van der Waals surface area contributed by atoms with Crippen molar-refractivity contribution >= 4 is 11.8 Å². The highest BCUT2D eigenvalue weighted by Crippen LogP contribution is 2.01. The first-order valence-corrected chi connectivity index (χ1v) is 6.09. The summed E-state index contributed by atoms with van der Waals surface area (Å²) < 4.78 is 0. The number of nitrogens with one attached hydrogen (secondary N) is 1. The fourth-order valence-electron chi connectivity index (χ4n) is 1.77. The predicted molar refractivity (Wildman–Crippen MR) is 63.4 cm³/mol. The van der Waals surface area contributed by atoms with Crippen molar-refractivity contribution in [2.24, 2.45) is 0 Å². The molecule has 17 heavy (non-hydrogen) atoms. The number of hydrogen-bond acceptors (Lipinski definition) is 4. The molecule has 0 saturated carbocycles. The standard InChI is InChI=1S/C11H21N3O3/c1-2-13-5-7-14(8-6-13)11(17)10(16)12-4-3-9-15/h15H,2-9H2,1H3,(H,12,16). The van der Waals surface area contributed by atoms with Crippen molar-refractivity contribution < 1.29 is 14.7 Å². The molecule has 0 spiro atoms. The van der Waals surface area contributed by atoms with Crippen LogP contribution in [0.2, 0.25) is 0 Å². The number of piperazine rings is 1. The minimum atomic E-state index is -0.566. The van der Waals surface area contributed by atoms with Crippen LogP contribution < -0.4 is 5.32 Å². The molecule has 0 aromatic heterocycles. The number of nitrogens with zero attached hydrogens (tertiary/aromatic N) is 2. The van der Waals surface area contributed by atoms with Crippen LogP contribution in [0, 0.1) is 0 Å². The maximum atomic E-state index is 11.7. The molecule has 1 rings (SSSR count). The molecular weight excluding hydrogens is 222 g/mol. The summed E-state index contributed by atoms with van der Waals surface area (Å²) in [5, 5.41) is 11.1. The van der Waals surface area contributed by atoms with Crippen LogP contribution in [0.25, 0.3) is 0 Å². The monoisotopic (exact) mass is 243 g/mol. The van der Waals surface area contributed by atoms with Crippen molar-refractivity contribution in [1.29, 1.82) is 0 Å². The Kier molecular flexibility index (Phi) is 5.93. The molecular formula is C11H21N3O3. The number of likely N-dealkylation sites (N-methyl/N-ethyl adjacent to an activating group) is 1. The molecule has 1 heterocycles. The lowest BCUT2D eigenvalue weighted by Gasteiger charge is -2.33. The molecule has 1 aliphatic heterocycles. The third-order valence-corrected chi connectivity index (χ3v) is 2.92. The summed E-state index contributed by atoms with van der Waals surface area (Å²) in [6, 6.07) is 0. The Balaban J connectivity index is 2.30. The van der Waals surface area contributed by atoms with E-state index in [1.807, 2.05) is 0 Å². The van der Waals surface area contributed by atoms with E-state index in [-0.39, 0.29) is 6.61 Å². The zero-order valence-electron chi connectivity index (χ0n) is 10.3. The first kappa shape index (κ1) is 13.9. The van der Waals surface area contributed by atoms with Crippen molar-refractivity contribution in [3.8, 4) is 0 Å². The zero-order valence-corrected chi connectivity index (χ0v) is 10.3. The highest BCUT2D eigenvalue weighted by atomic mass is 16.3. The largest absolute Gasteiger partial charge is 0.396 e. The van der Waals surface area contributed by atoms with Crippen molar-refractivity contribution in [3.05, 3.63) is 0 Å². The fraction of sp³-hybridized carbons (Fsp3) is 0.818. The molecule has 98 valence electrons. The van der Waals surface area contributed by atoms with Gasteiger partial charge in [-0.25, -0.2) is 0 Å². The molecule has 6 heteroatoms. The van der Waals surface area contributed by atoms with Gasteiger partial charge >= 0.3 is 11.8 Å². The van der Waals surface area contributed by atoms with Crippen LogP contribution in [0.5, 0.6) is 0 Å². The van der Waals surface area contributed by atoms with Gasteiger partial charge < -0.3 is 20.2 Å². The Morgan fingerprint density at radius 1 is 1.24 bits per heavy atom. The number of aliphatic hydroxyl groups is 1. The number of carbonyl (C=O) groups is 2. The SMILES string of the molecule is CCN1CCN(C(=O)C(=O)NCCCO)CC1. The van der Waals surface area contributed by atoms with E-state index in [1.54, 1.807) is 4.90 Å². The Bertz CT molecular complexity index is 263. The average molecular weight is 243 g/mol. The van der Waals surface area contributed by atoms with Gasteiger partial charge in [0.05, 0.1) is 0 Å². The molecule has 6 nitrogen and oxygen atoms in total. The number of carbonyl (C=O) groups excluding carboxylic acids is 2. The average Bonchev–Trinajstić information content (AvgIpc) is 2.38. The minimum Gasteiger partial charge on any atom is -0.396 e. The molecule has 0 aliphatic carbocycles. The van der Waals surface area contributed by atoms with Crippen LogP contribution in [0.15, 0.2) is 0 Å². The van der Waals surface area contributed by atoms with Crippen LogP contribution >= 0.6 is 0 Å². The lowest BCUT2D eigenvalue weighted by Crippen LogP contribution is -2.52. The summed E-state index contributed by atoms with van der Waals surface area (Å²) >= 11 is 0. The van der Waals surface area contributed by atoms with Gasteiger partial charge in [0.1, 0.15) is 0 Å². The second-order valence-corrected chi connectivity index (χ2v) is 4.06. The first-order chi connectivity index (χ1) is 8.19. The van der Waals surface area contributed by atoms with Gasteiger partial charge in [0, 0.05) is 39.3 Å². The van der Waals surface area contributed by atoms with Crippen molar-refractivity contribution in [1.82, 2.24) is 15.1 Å². The zero-order chi connectivity index (χ0) is 12.7. The first-order valence-electron chi connectivity index (χ1n) is 6.09. The maximum Gasteiger partial charge on any atom is 0.311 e. The molecule has 0 radical (unpaired) electrons. The topological polar surface area (TPSA) is 72.9 Å². The Morgan fingerprint density at radius 3 is 2.41 bits per heavy atom. The van der Waals surface area contributed by atoms with E-state index < -0.39 is 11.8 Å². The third-order valence-electron chi connectivity index (χ3n) is 2.92. The van der Waals surface area contributed by atoms with Gasteiger partial charge in [0.25, 0.3) is 0 Å².